The Kier molecular flexibility index (Phi) is 5.54. The first-order chi connectivity index (χ1) is 10.5. The first-order valence-corrected chi connectivity index (χ1v) is 8.18. The van der Waals surface area contributed by atoms with Crippen LogP contribution in [0.1, 0.15) is 57.1 Å². The summed E-state index contributed by atoms with van der Waals surface area (Å²) in [5, 5.41) is 0. The molecule has 2 rings (SSSR count). The third-order valence-electron chi connectivity index (χ3n) is 4.70. The number of benzene rings is 2. The van der Waals surface area contributed by atoms with Crippen LogP contribution in [0.5, 0.6) is 0 Å². The molecule has 1 nitrogen and oxygen atoms in total. The van der Waals surface area contributed by atoms with Crippen molar-refractivity contribution in [2.24, 2.45) is 5.41 Å². The van der Waals surface area contributed by atoms with Crippen LogP contribution in [-0.2, 0) is 4.79 Å². The standard InChI is InChI=1S/C21H26O/c1-4-21(2,3)20(22)16-15-19(17-11-7-5-8-12-17)18-13-9-6-10-14-18/h5-14,19H,4,15-16H2,1-3H3. The number of hydrogen-bond acceptors (Lipinski definition) is 1. The Balaban J connectivity index is 2.18. The zero-order valence-electron chi connectivity index (χ0n) is 13.9. The molecule has 0 saturated heterocycles. The van der Waals surface area contributed by atoms with E-state index in [9.17, 15) is 4.79 Å². The summed E-state index contributed by atoms with van der Waals surface area (Å²) in [6.45, 7) is 6.19. The molecule has 0 bridgehead atoms. The number of carbonyl (C=O) groups is 1. The second kappa shape index (κ2) is 7.40. The summed E-state index contributed by atoms with van der Waals surface area (Å²) < 4.78 is 0. The molecular weight excluding hydrogens is 268 g/mol. The summed E-state index contributed by atoms with van der Waals surface area (Å²) in [4.78, 5) is 12.5. The van der Waals surface area contributed by atoms with E-state index in [-0.39, 0.29) is 5.41 Å². The Morgan fingerprint density at radius 3 is 1.77 bits per heavy atom. The van der Waals surface area contributed by atoms with E-state index >= 15 is 0 Å². The maximum atomic E-state index is 12.5. The van der Waals surface area contributed by atoms with Gasteiger partial charge in [0, 0.05) is 17.8 Å². The van der Waals surface area contributed by atoms with Gasteiger partial charge in [-0.2, -0.15) is 0 Å². The van der Waals surface area contributed by atoms with Gasteiger partial charge >= 0.3 is 0 Å². The van der Waals surface area contributed by atoms with Gasteiger partial charge in [0.15, 0.2) is 0 Å². The zero-order valence-corrected chi connectivity index (χ0v) is 13.9. The largest absolute Gasteiger partial charge is 0.299 e. The van der Waals surface area contributed by atoms with Gasteiger partial charge in [-0.15, -0.1) is 0 Å². The van der Waals surface area contributed by atoms with E-state index in [1.165, 1.54) is 11.1 Å². The summed E-state index contributed by atoms with van der Waals surface area (Å²) in [5.41, 5.74) is 2.37. The topological polar surface area (TPSA) is 17.1 Å². The van der Waals surface area contributed by atoms with E-state index in [2.05, 4.69) is 69.3 Å². The molecule has 0 aliphatic heterocycles. The van der Waals surface area contributed by atoms with Crippen LogP contribution in [0.2, 0.25) is 0 Å². The first kappa shape index (κ1) is 16.5. The van der Waals surface area contributed by atoms with E-state index < -0.39 is 0 Å². The highest BCUT2D eigenvalue weighted by atomic mass is 16.1. The fourth-order valence-corrected chi connectivity index (χ4v) is 2.71. The van der Waals surface area contributed by atoms with Crippen molar-refractivity contribution >= 4 is 5.78 Å². The maximum absolute atomic E-state index is 12.5. The highest BCUT2D eigenvalue weighted by Gasteiger charge is 2.26. The summed E-state index contributed by atoms with van der Waals surface area (Å²) in [7, 11) is 0. The lowest BCUT2D eigenvalue weighted by Gasteiger charge is -2.23. The molecule has 0 fully saturated rings. The lowest BCUT2D eigenvalue weighted by atomic mass is 9.80. The minimum atomic E-state index is -0.210. The second-order valence-electron chi connectivity index (χ2n) is 6.57. The molecule has 2 aromatic rings. The van der Waals surface area contributed by atoms with E-state index in [1.54, 1.807) is 0 Å². The van der Waals surface area contributed by atoms with Crippen LogP contribution in [0.25, 0.3) is 0 Å². The molecule has 116 valence electrons. The van der Waals surface area contributed by atoms with Crippen molar-refractivity contribution in [3.05, 3.63) is 71.8 Å². The molecule has 0 aliphatic carbocycles. The van der Waals surface area contributed by atoms with Gasteiger partial charge in [0.2, 0.25) is 0 Å². The predicted molar refractivity (Wildman–Crippen MR) is 93.0 cm³/mol. The Morgan fingerprint density at radius 2 is 1.36 bits per heavy atom. The second-order valence-corrected chi connectivity index (χ2v) is 6.57. The summed E-state index contributed by atoms with van der Waals surface area (Å²) in [6.07, 6.45) is 2.40. The van der Waals surface area contributed by atoms with Crippen molar-refractivity contribution in [3.63, 3.8) is 0 Å². The molecule has 0 aliphatic rings. The number of carbonyl (C=O) groups excluding carboxylic acids is 1. The van der Waals surface area contributed by atoms with Gasteiger partial charge in [0.05, 0.1) is 0 Å². The van der Waals surface area contributed by atoms with E-state index in [1.807, 2.05) is 12.1 Å². The smallest absolute Gasteiger partial charge is 0.138 e. The normalized spacial score (nSPS) is 11.6. The van der Waals surface area contributed by atoms with Crippen LogP contribution in [0, 0.1) is 5.41 Å². The van der Waals surface area contributed by atoms with E-state index in [0.29, 0.717) is 18.1 Å². The monoisotopic (exact) mass is 294 g/mol. The van der Waals surface area contributed by atoms with Gasteiger partial charge < -0.3 is 0 Å². The van der Waals surface area contributed by atoms with E-state index in [4.69, 9.17) is 0 Å². The van der Waals surface area contributed by atoms with Gasteiger partial charge in [-0.05, 0) is 24.0 Å². The van der Waals surface area contributed by atoms with Crippen LogP contribution in [0.3, 0.4) is 0 Å². The Labute approximate surface area is 134 Å². The maximum Gasteiger partial charge on any atom is 0.138 e. The molecule has 0 saturated carbocycles. The van der Waals surface area contributed by atoms with Gasteiger partial charge in [-0.3, -0.25) is 4.79 Å². The molecule has 0 unspecified atom stereocenters. The number of ketones is 1. The molecule has 0 radical (unpaired) electrons. The number of Topliss-reactive ketones (excluding diaryl/α,β-unsaturated/α-hetero) is 1. The van der Waals surface area contributed by atoms with Gasteiger partial charge in [-0.25, -0.2) is 0 Å². The van der Waals surface area contributed by atoms with Gasteiger partial charge in [0.25, 0.3) is 0 Å². The van der Waals surface area contributed by atoms with E-state index in [0.717, 1.165) is 12.8 Å². The van der Waals surface area contributed by atoms with Crippen molar-refractivity contribution in [1.29, 1.82) is 0 Å². The molecule has 0 N–H and O–H groups in total. The van der Waals surface area contributed by atoms with Crippen LogP contribution in [-0.4, -0.2) is 5.78 Å². The van der Waals surface area contributed by atoms with Crippen molar-refractivity contribution < 1.29 is 4.79 Å². The highest BCUT2D eigenvalue weighted by molar-refractivity contribution is 5.84. The Morgan fingerprint density at radius 1 is 0.909 bits per heavy atom. The predicted octanol–water partition coefficient (Wildman–Crippen LogP) is 5.60. The fraction of sp³-hybridized carbons (Fsp3) is 0.381. The summed E-state index contributed by atoms with van der Waals surface area (Å²) >= 11 is 0. The van der Waals surface area contributed by atoms with Crippen molar-refractivity contribution in [2.45, 2.75) is 46.0 Å². The quantitative estimate of drug-likeness (QED) is 0.649. The molecule has 0 spiro atoms. The highest BCUT2D eigenvalue weighted by Crippen LogP contribution is 2.31. The van der Waals surface area contributed by atoms with Crippen LogP contribution in [0.4, 0.5) is 0 Å². The molecule has 0 heterocycles. The lowest BCUT2D eigenvalue weighted by Crippen LogP contribution is -2.23. The average Bonchev–Trinajstić information content (AvgIpc) is 2.56. The Bertz CT molecular complexity index is 544. The van der Waals surface area contributed by atoms with Crippen molar-refractivity contribution in [3.8, 4) is 0 Å². The molecule has 0 atom stereocenters. The molecule has 0 amide bonds. The third-order valence-corrected chi connectivity index (χ3v) is 4.70. The van der Waals surface area contributed by atoms with Gasteiger partial charge in [0.1, 0.15) is 5.78 Å². The van der Waals surface area contributed by atoms with Crippen LogP contribution >= 0.6 is 0 Å². The van der Waals surface area contributed by atoms with Crippen LogP contribution < -0.4 is 0 Å². The van der Waals surface area contributed by atoms with Gasteiger partial charge in [-0.1, -0.05) is 81.4 Å². The Hall–Kier alpha value is -1.89. The summed E-state index contributed by atoms with van der Waals surface area (Å²) in [5.74, 6) is 0.658. The summed E-state index contributed by atoms with van der Waals surface area (Å²) in [6, 6.07) is 21.0. The lowest BCUT2D eigenvalue weighted by molar-refractivity contribution is -0.127. The first-order valence-electron chi connectivity index (χ1n) is 8.18. The SMILES string of the molecule is CCC(C)(C)C(=O)CCC(c1ccccc1)c1ccccc1. The van der Waals surface area contributed by atoms with Crippen LogP contribution in [0.15, 0.2) is 60.7 Å². The molecule has 2 aromatic carbocycles. The molecule has 1 heteroatoms. The average molecular weight is 294 g/mol. The zero-order chi connectivity index (χ0) is 16.0. The third kappa shape index (κ3) is 4.07. The molecule has 22 heavy (non-hydrogen) atoms. The van der Waals surface area contributed by atoms with Crippen molar-refractivity contribution in [1.82, 2.24) is 0 Å². The molecule has 0 aromatic heterocycles. The van der Waals surface area contributed by atoms with Crippen molar-refractivity contribution in [2.75, 3.05) is 0 Å². The fourth-order valence-electron chi connectivity index (χ4n) is 2.71. The molecular formula is C21H26O. The number of rotatable bonds is 7. The minimum Gasteiger partial charge on any atom is -0.299 e. The number of hydrogen-bond donors (Lipinski definition) is 0. The minimum absolute atomic E-state index is 0.210.